The van der Waals surface area contributed by atoms with Crippen LogP contribution in [0.2, 0.25) is 0 Å². The van der Waals surface area contributed by atoms with Crippen molar-refractivity contribution in [1.82, 2.24) is 14.7 Å². The van der Waals surface area contributed by atoms with Gasteiger partial charge in [-0.2, -0.15) is 5.10 Å². The van der Waals surface area contributed by atoms with Crippen LogP contribution in [0.3, 0.4) is 0 Å². The molecule has 0 unspecified atom stereocenters. The molecule has 20 heavy (non-hydrogen) atoms. The lowest BCUT2D eigenvalue weighted by Gasteiger charge is -2.20. The van der Waals surface area contributed by atoms with E-state index in [-0.39, 0.29) is 0 Å². The van der Waals surface area contributed by atoms with E-state index in [0.29, 0.717) is 13.2 Å². The Morgan fingerprint density at radius 2 is 2.10 bits per heavy atom. The summed E-state index contributed by atoms with van der Waals surface area (Å²) in [4.78, 5) is 2.29. The molecule has 0 bridgehead atoms. The summed E-state index contributed by atoms with van der Waals surface area (Å²) in [5, 5.41) is 5.96. The van der Waals surface area contributed by atoms with Crippen molar-refractivity contribution in [3.05, 3.63) is 30.0 Å². The second-order valence-electron chi connectivity index (χ2n) is 4.84. The Morgan fingerprint density at radius 1 is 1.30 bits per heavy atom. The van der Waals surface area contributed by atoms with E-state index in [1.54, 1.807) is 7.11 Å². The first-order chi connectivity index (χ1) is 9.80. The predicted octanol–water partition coefficient (Wildman–Crippen LogP) is 1.46. The van der Waals surface area contributed by atoms with E-state index >= 15 is 0 Å². The van der Waals surface area contributed by atoms with Crippen LogP contribution in [0.15, 0.2) is 24.3 Å². The summed E-state index contributed by atoms with van der Waals surface area (Å²) < 4.78 is 7.22. The number of methoxy groups -OCH3 is 1. The molecular weight excluding hydrogens is 252 g/mol. The van der Waals surface area contributed by atoms with Gasteiger partial charge in [0.1, 0.15) is 0 Å². The summed E-state index contributed by atoms with van der Waals surface area (Å²) in [6.45, 7) is 6.91. The standard InChI is InChI=1S/C15H24N4O/c1-3-19-15-7-5-4-6-13(15)14(17-19)12-18(9-8-16)10-11-20-2/h4-7H,3,8-12,16H2,1-2H3. The van der Waals surface area contributed by atoms with Gasteiger partial charge in [0.05, 0.1) is 17.8 Å². The van der Waals surface area contributed by atoms with Crippen LogP contribution < -0.4 is 5.73 Å². The van der Waals surface area contributed by atoms with E-state index in [2.05, 4.69) is 40.8 Å². The maximum absolute atomic E-state index is 5.69. The second kappa shape index (κ2) is 7.38. The molecule has 0 atom stereocenters. The first-order valence-electron chi connectivity index (χ1n) is 7.16. The molecule has 0 aliphatic heterocycles. The molecule has 2 rings (SSSR count). The SMILES string of the molecule is CCn1nc(CN(CCN)CCOC)c2ccccc21. The fraction of sp³-hybridized carbons (Fsp3) is 0.533. The van der Waals surface area contributed by atoms with Gasteiger partial charge in [0.25, 0.3) is 0 Å². The number of ether oxygens (including phenoxy) is 1. The van der Waals surface area contributed by atoms with E-state index in [9.17, 15) is 0 Å². The number of nitrogens with zero attached hydrogens (tertiary/aromatic N) is 3. The van der Waals surface area contributed by atoms with E-state index in [4.69, 9.17) is 15.6 Å². The van der Waals surface area contributed by atoms with Gasteiger partial charge in [-0.15, -0.1) is 0 Å². The van der Waals surface area contributed by atoms with Crippen molar-refractivity contribution in [3.8, 4) is 0 Å². The summed E-state index contributed by atoms with van der Waals surface area (Å²) in [7, 11) is 1.72. The number of rotatable bonds is 8. The summed E-state index contributed by atoms with van der Waals surface area (Å²) in [5.41, 5.74) is 8.01. The summed E-state index contributed by atoms with van der Waals surface area (Å²) >= 11 is 0. The van der Waals surface area contributed by atoms with Gasteiger partial charge < -0.3 is 10.5 Å². The minimum atomic E-state index is 0.649. The predicted molar refractivity (Wildman–Crippen MR) is 81.6 cm³/mol. The quantitative estimate of drug-likeness (QED) is 0.793. The molecule has 5 nitrogen and oxygen atoms in total. The third-order valence-corrected chi connectivity index (χ3v) is 3.46. The van der Waals surface area contributed by atoms with E-state index in [0.717, 1.165) is 31.9 Å². The Morgan fingerprint density at radius 3 is 2.80 bits per heavy atom. The van der Waals surface area contributed by atoms with Gasteiger partial charge in [-0.3, -0.25) is 9.58 Å². The maximum Gasteiger partial charge on any atom is 0.0843 e. The largest absolute Gasteiger partial charge is 0.383 e. The summed E-state index contributed by atoms with van der Waals surface area (Å²) in [6.07, 6.45) is 0. The van der Waals surface area contributed by atoms with Gasteiger partial charge >= 0.3 is 0 Å². The van der Waals surface area contributed by atoms with Crippen molar-refractivity contribution < 1.29 is 4.74 Å². The fourth-order valence-corrected chi connectivity index (χ4v) is 2.44. The van der Waals surface area contributed by atoms with Crippen LogP contribution in [0.25, 0.3) is 10.9 Å². The number of nitrogens with two attached hydrogens (primary N) is 1. The van der Waals surface area contributed by atoms with Gasteiger partial charge in [0.2, 0.25) is 0 Å². The zero-order valence-electron chi connectivity index (χ0n) is 12.4. The van der Waals surface area contributed by atoms with E-state index in [1.165, 1.54) is 10.9 Å². The minimum Gasteiger partial charge on any atom is -0.383 e. The average Bonchev–Trinajstić information content (AvgIpc) is 2.83. The van der Waals surface area contributed by atoms with Gasteiger partial charge in [-0.25, -0.2) is 0 Å². The highest BCUT2D eigenvalue weighted by molar-refractivity contribution is 5.81. The fourth-order valence-electron chi connectivity index (χ4n) is 2.44. The number of benzene rings is 1. The van der Waals surface area contributed by atoms with Gasteiger partial charge in [-0.1, -0.05) is 18.2 Å². The summed E-state index contributed by atoms with van der Waals surface area (Å²) in [5.74, 6) is 0. The Balaban J connectivity index is 2.22. The molecule has 0 aliphatic rings. The lowest BCUT2D eigenvalue weighted by molar-refractivity contribution is 0.145. The van der Waals surface area contributed by atoms with Crippen molar-refractivity contribution in [1.29, 1.82) is 0 Å². The van der Waals surface area contributed by atoms with Crippen molar-refractivity contribution in [3.63, 3.8) is 0 Å². The Hall–Kier alpha value is -1.43. The van der Waals surface area contributed by atoms with Crippen molar-refractivity contribution >= 4 is 10.9 Å². The molecule has 2 aromatic rings. The number of hydrogen-bond acceptors (Lipinski definition) is 4. The molecule has 0 amide bonds. The number of hydrogen-bond donors (Lipinski definition) is 1. The Kier molecular flexibility index (Phi) is 5.52. The van der Waals surface area contributed by atoms with Gasteiger partial charge in [0, 0.05) is 45.2 Å². The summed E-state index contributed by atoms with van der Waals surface area (Å²) in [6, 6.07) is 8.39. The highest BCUT2D eigenvalue weighted by Crippen LogP contribution is 2.19. The Labute approximate surface area is 120 Å². The first kappa shape index (κ1) is 15.0. The van der Waals surface area contributed by atoms with Crippen molar-refractivity contribution in [2.45, 2.75) is 20.0 Å². The first-order valence-corrected chi connectivity index (χ1v) is 7.16. The molecule has 1 aromatic carbocycles. The maximum atomic E-state index is 5.69. The zero-order valence-corrected chi connectivity index (χ0v) is 12.4. The van der Waals surface area contributed by atoms with E-state index in [1.807, 2.05) is 0 Å². The van der Waals surface area contributed by atoms with Crippen LogP contribution in [0, 0.1) is 0 Å². The molecule has 0 radical (unpaired) electrons. The van der Waals surface area contributed by atoms with Crippen LogP contribution in [0.5, 0.6) is 0 Å². The monoisotopic (exact) mass is 276 g/mol. The molecular formula is C15H24N4O. The second-order valence-corrected chi connectivity index (χ2v) is 4.84. The third-order valence-electron chi connectivity index (χ3n) is 3.46. The normalized spacial score (nSPS) is 11.6. The molecule has 2 N–H and O–H groups in total. The lowest BCUT2D eigenvalue weighted by atomic mass is 10.2. The number of aromatic nitrogens is 2. The van der Waals surface area contributed by atoms with Crippen LogP contribution in [0.1, 0.15) is 12.6 Å². The van der Waals surface area contributed by atoms with E-state index < -0.39 is 0 Å². The molecule has 0 fully saturated rings. The molecule has 1 heterocycles. The number of fused-ring (bicyclic) bond motifs is 1. The molecule has 0 aliphatic carbocycles. The molecule has 1 aromatic heterocycles. The van der Waals surface area contributed by atoms with Gasteiger partial charge in [-0.05, 0) is 13.0 Å². The van der Waals surface area contributed by atoms with Crippen LogP contribution in [-0.2, 0) is 17.8 Å². The topological polar surface area (TPSA) is 56.3 Å². The molecule has 0 saturated carbocycles. The third kappa shape index (κ3) is 3.36. The van der Waals surface area contributed by atoms with Crippen molar-refractivity contribution in [2.75, 3.05) is 33.4 Å². The average molecular weight is 276 g/mol. The van der Waals surface area contributed by atoms with Crippen LogP contribution in [0.4, 0.5) is 0 Å². The highest BCUT2D eigenvalue weighted by atomic mass is 16.5. The highest BCUT2D eigenvalue weighted by Gasteiger charge is 2.12. The molecule has 5 heteroatoms. The molecule has 0 saturated heterocycles. The van der Waals surface area contributed by atoms with Crippen LogP contribution in [-0.4, -0.2) is 48.0 Å². The lowest BCUT2D eigenvalue weighted by Crippen LogP contribution is -2.32. The number of para-hydroxylation sites is 1. The van der Waals surface area contributed by atoms with Gasteiger partial charge in [0.15, 0.2) is 0 Å². The van der Waals surface area contributed by atoms with Crippen molar-refractivity contribution in [2.24, 2.45) is 5.73 Å². The Bertz CT molecular complexity index is 538. The smallest absolute Gasteiger partial charge is 0.0843 e. The molecule has 0 spiro atoms. The van der Waals surface area contributed by atoms with Crippen LogP contribution >= 0.6 is 0 Å². The minimum absolute atomic E-state index is 0.649. The zero-order chi connectivity index (χ0) is 14.4. The number of aryl methyl sites for hydroxylation is 1. The molecule has 110 valence electrons.